The predicted molar refractivity (Wildman–Crippen MR) is 41.7 cm³/mol. The van der Waals surface area contributed by atoms with E-state index in [0.29, 0.717) is 5.92 Å². The maximum atomic E-state index is 5.19. The molecule has 0 bridgehead atoms. The van der Waals surface area contributed by atoms with Crippen LogP contribution in [0.2, 0.25) is 0 Å². The Labute approximate surface area is 62.1 Å². The third-order valence-corrected chi connectivity index (χ3v) is 1.58. The van der Waals surface area contributed by atoms with Crippen LogP contribution < -0.4 is 0 Å². The summed E-state index contributed by atoms with van der Waals surface area (Å²) in [6.07, 6.45) is 3.96. The Balaban J connectivity index is 2.50. The van der Waals surface area contributed by atoms with Crippen LogP contribution in [0.5, 0.6) is 0 Å². The van der Waals surface area contributed by atoms with Gasteiger partial charge in [0.05, 0.1) is 6.26 Å². The minimum atomic E-state index is 0.333. The van der Waals surface area contributed by atoms with Crippen molar-refractivity contribution in [1.82, 2.24) is 0 Å². The minimum absolute atomic E-state index is 0.333. The molecule has 0 amide bonds. The zero-order valence-corrected chi connectivity index (χ0v) is 6.34. The summed E-state index contributed by atoms with van der Waals surface area (Å²) in [5.41, 5.74) is 0. The highest BCUT2D eigenvalue weighted by Crippen LogP contribution is 2.19. The molecule has 0 fully saturated rings. The lowest BCUT2D eigenvalue weighted by Crippen LogP contribution is -1.89. The molecule has 1 nitrogen and oxygen atoms in total. The van der Waals surface area contributed by atoms with E-state index < -0.39 is 0 Å². The summed E-state index contributed by atoms with van der Waals surface area (Å²) in [6, 6.07) is 3.89. The van der Waals surface area contributed by atoms with Crippen LogP contribution in [-0.2, 0) is 0 Å². The van der Waals surface area contributed by atoms with Crippen molar-refractivity contribution in [2.75, 3.05) is 0 Å². The average Bonchev–Trinajstić information content (AvgIpc) is 2.38. The molecule has 1 unspecified atom stereocenters. The van der Waals surface area contributed by atoms with Gasteiger partial charge in [0.15, 0.2) is 0 Å². The van der Waals surface area contributed by atoms with Crippen LogP contribution in [-0.4, -0.2) is 0 Å². The first-order valence-corrected chi connectivity index (χ1v) is 3.71. The van der Waals surface area contributed by atoms with E-state index in [-0.39, 0.29) is 0 Å². The van der Waals surface area contributed by atoms with E-state index in [1.54, 1.807) is 6.26 Å². The SMILES string of the molecule is [CH2]C(CCC)c1ccco1. The molecule has 1 heterocycles. The molecule has 1 atom stereocenters. The van der Waals surface area contributed by atoms with Gasteiger partial charge in [-0.05, 0) is 25.5 Å². The van der Waals surface area contributed by atoms with Gasteiger partial charge in [-0.25, -0.2) is 0 Å². The molecule has 10 heavy (non-hydrogen) atoms. The summed E-state index contributed by atoms with van der Waals surface area (Å²) >= 11 is 0. The fourth-order valence-corrected chi connectivity index (χ4v) is 1.01. The van der Waals surface area contributed by atoms with Crippen molar-refractivity contribution in [3.8, 4) is 0 Å². The Morgan fingerprint density at radius 1 is 1.70 bits per heavy atom. The maximum Gasteiger partial charge on any atom is 0.106 e. The Morgan fingerprint density at radius 3 is 3.00 bits per heavy atom. The Hall–Kier alpha value is -0.720. The van der Waals surface area contributed by atoms with Gasteiger partial charge in [-0.2, -0.15) is 0 Å². The topological polar surface area (TPSA) is 13.1 Å². The number of rotatable bonds is 3. The lowest BCUT2D eigenvalue weighted by atomic mass is 10.0. The summed E-state index contributed by atoms with van der Waals surface area (Å²) in [5, 5.41) is 0. The van der Waals surface area contributed by atoms with Crippen molar-refractivity contribution in [1.29, 1.82) is 0 Å². The summed E-state index contributed by atoms with van der Waals surface area (Å²) < 4.78 is 5.19. The highest BCUT2D eigenvalue weighted by Gasteiger charge is 2.05. The minimum Gasteiger partial charge on any atom is -0.469 e. The monoisotopic (exact) mass is 137 g/mol. The van der Waals surface area contributed by atoms with Gasteiger partial charge in [-0.1, -0.05) is 13.3 Å². The predicted octanol–water partition coefficient (Wildman–Crippen LogP) is 3.00. The Morgan fingerprint density at radius 2 is 2.50 bits per heavy atom. The first-order chi connectivity index (χ1) is 4.84. The van der Waals surface area contributed by atoms with Crippen LogP contribution >= 0.6 is 0 Å². The first kappa shape index (κ1) is 7.39. The standard InChI is InChI=1S/C9H13O/c1-3-5-8(2)9-6-4-7-10-9/h4,6-8H,2-3,5H2,1H3. The smallest absolute Gasteiger partial charge is 0.106 e. The first-order valence-electron chi connectivity index (χ1n) is 3.71. The number of hydrogen-bond acceptors (Lipinski definition) is 1. The summed E-state index contributed by atoms with van der Waals surface area (Å²) in [6.45, 7) is 6.13. The zero-order chi connectivity index (χ0) is 7.40. The van der Waals surface area contributed by atoms with Gasteiger partial charge in [0.25, 0.3) is 0 Å². The molecular formula is C9H13O. The van der Waals surface area contributed by atoms with E-state index in [1.165, 1.54) is 0 Å². The third-order valence-electron chi connectivity index (χ3n) is 1.58. The molecular weight excluding hydrogens is 124 g/mol. The van der Waals surface area contributed by atoms with E-state index in [1.807, 2.05) is 12.1 Å². The number of furan rings is 1. The van der Waals surface area contributed by atoms with Crippen molar-refractivity contribution in [3.05, 3.63) is 31.1 Å². The van der Waals surface area contributed by atoms with E-state index in [0.717, 1.165) is 18.6 Å². The lowest BCUT2D eigenvalue weighted by Gasteiger charge is -2.03. The highest BCUT2D eigenvalue weighted by atomic mass is 16.3. The van der Waals surface area contributed by atoms with Gasteiger partial charge in [0.2, 0.25) is 0 Å². The second kappa shape index (κ2) is 3.45. The molecule has 0 spiro atoms. The van der Waals surface area contributed by atoms with E-state index in [9.17, 15) is 0 Å². The maximum absolute atomic E-state index is 5.19. The van der Waals surface area contributed by atoms with E-state index >= 15 is 0 Å². The van der Waals surface area contributed by atoms with Crippen molar-refractivity contribution in [2.45, 2.75) is 25.7 Å². The summed E-state index contributed by atoms with van der Waals surface area (Å²) in [4.78, 5) is 0. The van der Waals surface area contributed by atoms with Gasteiger partial charge < -0.3 is 4.42 Å². The molecule has 0 N–H and O–H groups in total. The van der Waals surface area contributed by atoms with E-state index in [2.05, 4.69) is 13.8 Å². The third kappa shape index (κ3) is 1.63. The van der Waals surface area contributed by atoms with Crippen molar-refractivity contribution in [3.63, 3.8) is 0 Å². The normalized spacial score (nSPS) is 13.4. The quantitative estimate of drug-likeness (QED) is 0.624. The van der Waals surface area contributed by atoms with Crippen LogP contribution in [0.15, 0.2) is 22.8 Å². The molecule has 55 valence electrons. The second-order valence-corrected chi connectivity index (χ2v) is 2.50. The molecule has 0 saturated heterocycles. The van der Waals surface area contributed by atoms with Crippen LogP contribution in [0, 0.1) is 6.92 Å². The van der Waals surface area contributed by atoms with E-state index in [4.69, 9.17) is 4.42 Å². The van der Waals surface area contributed by atoms with Gasteiger partial charge >= 0.3 is 0 Å². The van der Waals surface area contributed by atoms with Gasteiger partial charge in [0.1, 0.15) is 5.76 Å². The lowest BCUT2D eigenvalue weighted by molar-refractivity contribution is 0.476. The molecule has 0 aliphatic rings. The van der Waals surface area contributed by atoms with Crippen molar-refractivity contribution in [2.24, 2.45) is 0 Å². The van der Waals surface area contributed by atoms with Crippen LogP contribution in [0.4, 0.5) is 0 Å². The second-order valence-electron chi connectivity index (χ2n) is 2.50. The molecule has 0 aliphatic heterocycles. The largest absolute Gasteiger partial charge is 0.469 e. The fraction of sp³-hybridized carbons (Fsp3) is 0.444. The van der Waals surface area contributed by atoms with Crippen molar-refractivity contribution < 1.29 is 4.42 Å². The van der Waals surface area contributed by atoms with Crippen molar-refractivity contribution >= 4 is 0 Å². The average molecular weight is 137 g/mol. The molecule has 1 rings (SSSR count). The molecule has 1 heteroatoms. The Bertz CT molecular complexity index is 165. The van der Waals surface area contributed by atoms with Gasteiger partial charge in [0, 0.05) is 5.92 Å². The summed E-state index contributed by atoms with van der Waals surface area (Å²) in [7, 11) is 0. The number of hydrogen-bond donors (Lipinski definition) is 0. The van der Waals surface area contributed by atoms with Crippen LogP contribution in [0.25, 0.3) is 0 Å². The van der Waals surface area contributed by atoms with Gasteiger partial charge in [-0.3, -0.25) is 0 Å². The van der Waals surface area contributed by atoms with Gasteiger partial charge in [-0.15, -0.1) is 0 Å². The van der Waals surface area contributed by atoms with Crippen LogP contribution in [0.1, 0.15) is 31.4 Å². The fourth-order valence-electron chi connectivity index (χ4n) is 1.01. The molecule has 1 aromatic heterocycles. The molecule has 0 saturated carbocycles. The Kier molecular flexibility index (Phi) is 2.55. The molecule has 1 radical (unpaired) electrons. The summed E-state index contributed by atoms with van der Waals surface area (Å²) in [5.74, 6) is 1.34. The molecule has 1 aromatic rings. The van der Waals surface area contributed by atoms with Crippen LogP contribution in [0.3, 0.4) is 0 Å². The molecule has 0 aromatic carbocycles. The molecule has 0 aliphatic carbocycles. The zero-order valence-electron chi connectivity index (χ0n) is 6.34. The highest BCUT2D eigenvalue weighted by molar-refractivity contribution is 5.05.